The van der Waals surface area contributed by atoms with Crippen molar-refractivity contribution in [3.63, 3.8) is 0 Å². The third kappa shape index (κ3) is 3.72. The molecule has 0 spiro atoms. The molecular formula is C17H18N2O. The number of nitrogen functional groups attached to an aromatic ring is 1. The van der Waals surface area contributed by atoms with E-state index in [1.54, 1.807) is 18.2 Å². The summed E-state index contributed by atoms with van der Waals surface area (Å²) in [6, 6.07) is 16.9. The van der Waals surface area contributed by atoms with E-state index < -0.39 is 0 Å². The fourth-order valence-corrected chi connectivity index (χ4v) is 1.86. The molecule has 0 bridgehead atoms. The average Bonchev–Trinajstić information content (AvgIpc) is 2.47. The van der Waals surface area contributed by atoms with Gasteiger partial charge in [-0.3, -0.25) is 4.79 Å². The molecular weight excluding hydrogens is 248 g/mol. The van der Waals surface area contributed by atoms with Gasteiger partial charge >= 0.3 is 0 Å². The Labute approximate surface area is 119 Å². The van der Waals surface area contributed by atoms with Crippen LogP contribution in [-0.4, -0.2) is 5.78 Å². The molecule has 0 saturated heterocycles. The number of allylic oxidation sites excluding steroid dienone is 2. The summed E-state index contributed by atoms with van der Waals surface area (Å²) in [5.41, 5.74) is 9.15. The number of para-hydroxylation sites is 1. The molecule has 0 atom stereocenters. The number of rotatable bonds is 5. The van der Waals surface area contributed by atoms with Crippen molar-refractivity contribution in [2.45, 2.75) is 13.5 Å². The van der Waals surface area contributed by atoms with E-state index >= 15 is 0 Å². The van der Waals surface area contributed by atoms with Crippen molar-refractivity contribution in [2.75, 3.05) is 5.73 Å². The van der Waals surface area contributed by atoms with Gasteiger partial charge in [-0.05, 0) is 18.6 Å². The van der Waals surface area contributed by atoms with Crippen LogP contribution in [-0.2, 0) is 6.54 Å². The predicted octanol–water partition coefficient (Wildman–Crippen LogP) is 3.15. The highest BCUT2D eigenvalue weighted by Gasteiger charge is 2.02. The van der Waals surface area contributed by atoms with Gasteiger partial charge in [0.2, 0.25) is 0 Å². The van der Waals surface area contributed by atoms with Crippen LogP contribution in [0.1, 0.15) is 22.8 Å². The van der Waals surface area contributed by atoms with Crippen LogP contribution in [0.15, 0.2) is 66.4 Å². The molecule has 3 N–H and O–H groups in total. The highest BCUT2D eigenvalue weighted by molar-refractivity contribution is 6.04. The van der Waals surface area contributed by atoms with Gasteiger partial charge in [0.1, 0.15) is 0 Å². The van der Waals surface area contributed by atoms with Crippen molar-refractivity contribution in [3.05, 3.63) is 77.5 Å². The molecule has 0 saturated carbocycles. The van der Waals surface area contributed by atoms with Crippen LogP contribution in [0.2, 0.25) is 0 Å². The van der Waals surface area contributed by atoms with Crippen LogP contribution in [0.4, 0.5) is 5.69 Å². The lowest BCUT2D eigenvalue weighted by Gasteiger charge is -2.08. The van der Waals surface area contributed by atoms with Crippen molar-refractivity contribution in [3.8, 4) is 0 Å². The molecule has 0 aliphatic rings. The second-order valence-electron chi connectivity index (χ2n) is 4.61. The van der Waals surface area contributed by atoms with Crippen LogP contribution in [0, 0.1) is 0 Å². The SMILES string of the molecule is CC(=CC(=O)c1ccccc1)NCc1ccccc1N. The number of hydrogen-bond acceptors (Lipinski definition) is 3. The number of ketones is 1. The van der Waals surface area contributed by atoms with E-state index in [1.165, 1.54) is 0 Å². The maximum atomic E-state index is 12.0. The first-order valence-electron chi connectivity index (χ1n) is 6.52. The topological polar surface area (TPSA) is 55.1 Å². The molecule has 2 aromatic rings. The van der Waals surface area contributed by atoms with Crippen molar-refractivity contribution >= 4 is 11.5 Å². The zero-order chi connectivity index (χ0) is 14.4. The smallest absolute Gasteiger partial charge is 0.187 e. The first kappa shape index (κ1) is 13.9. The van der Waals surface area contributed by atoms with Crippen LogP contribution in [0.5, 0.6) is 0 Å². The Balaban J connectivity index is 1.98. The number of benzene rings is 2. The molecule has 2 aromatic carbocycles. The third-order valence-corrected chi connectivity index (χ3v) is 3.02. The molecule has 2 rings (SSSR count). The molecule has 0 unspecified atom stereocenters. The van der Waals surface area contributed by atoms with Gasteiger partial charge in [-0.2, -0.15) is 0 Å². The highest BCUT2D eigenvalue weighted by Crippen LogP contribution is 2.10. The van der Waals surface area contributed by atoms with Crippen LogP contribution in [0.25, 0.3) is 0 Å². The van der Waals surface area contributed by atoms with Crippen molar-refractivity contribution in [1.82, 2.24) is 5.32 Å². The fourth-order valence-electron chi connectivity index (χ4n) is 1.86. The van der Waals surface area contributed by atoms with Crippen LogP contribution < -0.4 is 11.1 Å². The van der Waals surface area contributed by atoms with Gasteiger partial charge in [0.05, 0.1) is 0 Å². The summed E-state index contributed by atoms with van der Waals surface area (Å²) < 4.78 is 0. The second-order valence-corrected chi connectivity index (χ2v) is 4.61. The lowest BCUT2D eigenvalue weighted by molar-refractivity contribution is 0.104. The van der Waals surface area contributed by atoms with Gasteiger partial charge in [0, 0.05) is 29.6 Å². The van der Waals surface area contributed by atoms with Gasteiger partial charge in [-0.15, -0.1) is 0 Å². The van der Waals surface area contributed by atoms with Gasteiger partial charge in [-0.1, -0.05) is 48.5 Å². The predicted molar refractivity (Wildman–Crippen MR) is 82.2 cm³/mol. The Bertz CT molecular complexity index is 618. The maximum absolute atomic E-state index is 12.0. The standard InChI is InChI=1S/C17H18N2O/c1-13(11-17(20)14-7-3-2-4-8-14)19-12-15-9-5-6-10-16(15)18/h2-11,19H,12,18H2,1H3. The van der Waals surface area contributed by atoms with Crippen LogP contribution in [0.3, 0.4) is 0 Å². The molecule has 0 radical (unpaired) electrons. The minimum Gasteiger partial charge on any atom is -0.398 e. The Morgan fingerprint density at radius 1 is 1.10 bits per heavy atom. The monoisotopic (exact) mass is 266 g/mol. The Kier molecular flexibility index (Phi) is 4.56. The number of nitrogens with two attached hydrogens (primary N) is 1. The van der Waals surface area contributed by atoms with Crippen molar-refractivity contribution in [1.29, 1.82) is 0 Å². The third-order valence-electron chi connectivity index (χ3n) is 3.02. The highest BCUT2D eigenvalue weighted by atomic mass is 16.1. The quantitative estimate of drug-likeness (QED) is 0.496. The van der Waals surface area contributed by atoms with E-state index in [0.717, 1.165) is 16.9 Å². The molecule has 0 heterocycles. The molecule has 102 valence electrons. The van der Waals surface area contributed by atoms with Crippen LogP contribution >= 0.6 is 0 Å². The molecule has 0 aliphatic carbocycles. The second kappa shape index (κ2) is 6.57. The Hall–Kier alpha value is -2.55. The number of carbonyl (C=O) groups is 1. The minimum absolute atomic E-state index is 0.00312. The summed E-state index contributed by atoms with van der Waals surface area (Å²) in [5.74, 6) is -0.00312. The molecule has 20 heavy (non-hydrogen) atoms. The minimum atomic E-state index is -0.00312. The first-order chi connectivity index (χ1) is 9.66. The van der Waals surface area contributed by atoms with E-state index in [4.69, 9.17) is 5.73 Å². The molecule has 3 nitrogen and oxygen atoms in total. The molecule has 0 amide bonds. The van der Waals surface area contributed by atoms with E-state index in [-0.39, 0.29) is 5.78 Å². The number of anilines is 1. The molecule has 0 aromatic heterocycles. The summed E-state index contributed by atoms with van der Waals surface area (Å²) in [7, 11) is 0. The molecule has 3 heteroatoms. The van der Waals surface area contributed by atoms with E-state index in [0.29, 0.717) is 12.1 Å². The lowest BCUT2D eigenvalue weighted by atomic mass is 10.1. The number of nitrogens with one attached hydrogen (secondary N) is 1. The van der Waals surface area contributed by atoms with E-state index in [1.807, 2.05) is 49.4 Å². The lowest BCUT2D eigenvalue weighted by Crippen LogP contribution is -2.13. The van der Waals surface area contributed by atoms with E-state index in [9.17, 15) is 4.79 Å². The summed E-state index contributed by atoms with van der Waals surface area (Å²) in [6.07, 6.45) is 1.61. The average molecular weight is 266 g/mol. The Morgan fingerprint density at radius 2 is 1.75 bits per heavy atom. The van der Waals surface area contributed by atoms with Gasteiger partial charge in [-0.25, -0.2) is 0 Å². The summed E-state index contributed by atoms with van der Waals surface area (Å²) in [6.45, 7) is 2.48. The number of hydrogen-bond donors (Lipinski definition) is 2. The molecule has 0 fully saturated rings. The maximum Gasteiger partial charge on any atom is 0.187 e. The zero-order valence-corrected chi connectivity index (χ0v) is 11.5. The van der Waals surface area contributed by atoms with E-state index in [2.05, 4.69) is 5.32 Å². The number of carbonyl (C=O) groups excluding carboxylic acids is 1. The normalized spacial score (nSPS) is 11.2. The fraction of sp³-hybridized carbons (Fsp3) is 0.118. The van der Waals surface area contributed by atoms with Gasteiger partial charge in [0.25, 0.3) is 0 Å². The summed E-state index contributed by atoms with van der Waals surface area (Å²) in [5, 5.41) is 3.20. The van der Waals surface area contributed by atoms with Crippen molar-refractivity contribution < 1.29 is 4.79 Å². The van der Waals surface area contributed by atoms with Gasteiger partial charge in [0.15, 0.2) is 5.78 Å². The van der Waals surface area contributed by atoms with Gasteiger partial charge < -0.3 is 11.1 Å². The summed E-state index contributed by atoms with van der Waals surface area (Å²) in [4.78, 5) is 12.0. The first-order valence-corrected chi connectivity index (χ1v) is 6.52. The zero-order valence-electron chi connectivity index (χ0n) is 11.5. The molecule has 0 aliphatic heterocycles. The van der Waals surface area contributed by atoms with Crippen molar-refractivity contribution in [2.24, 2.45) is 0 Å². The Morgan fingerprint density at radius 3 is 2.45 bits per heavy atom. The largest absolute Gasteiger partial charge is 0.398 e. The summed E-state index contributed by atoms with van der Waals surface area (Å²) >= 11 is 0.